The van der Waals surface area contributed by atoms with Crippen LogP contribution in [-0.2, 0) is 6.42 Å². The topological polar surface area (TPSA) is 43.8 Å². The second-order valence-corrected chi connectivity index (χ2v) is 6.55. The van der Waals surface area contributed by atoms with Gasteiger partial charge in [-0.05, 0) is 24.7 Å². The largest absolute Gasteiger partial charge is 0.330 e. The van der Waals surface area contributed by atoms with Crippen LogP contribution in [0, 0.1) is 5.41 Å². The summed E-state index contributed by atoms with van der Waals surface area (Å²) in [4.78, 5) is 4.32. The predicted octanol–water partition coefficient (Wildman–Crippen LogP) is 2.91. The Labute approximate surface area is 104 Å². The quantitative estimate of drug-likeness (QED) is 0.856. The van der Waals surface area contributed by atoms with Crippen LogP contribution >= 0.6 is 0 Å². The van der Waals surface area contributed by atoms with Gasteiger partial charge >= 0.3 is 0 Å². The maximum absolute atomic E-state index is 6.25. The Morgan fingerprint density at radius 3 is 2.71 bits per heavy atom. The molecule has 3 heteroatoms. The van der Waals surface area contributed by atoms with E-state index >= 15 is 0 Å². The Kier molecular flexibility index (Phi) is 3.57. The summed E-state index contributed by atoms with van der Waals surface area (Å²) in [5.41, 5.74) is 7.89. The molecule has 1 aliphatic rings. The van der Waals surface area contributed by atoms with Crippen molar-refractivity contribution in [1.29, 1.82) is 0 Å². The summed E-state index contributed by atoms with van der Waals surface area (Å²) < 4.78 is 2.33. The first-order chi connectivity index (χ1) is 7.97. The van der Waals surface area contributed by atoms with Gasteiger partial charge in [0.15, 0.2) is 0 Å². The standard InChI is InChI=1S/C14H25N3/c1-14(2,3)8-11-9-16-10-17(11)13-7-5-4-6-12(13)15/h9-10,12-13H,4-8,15H2,1-3H3. The van der Waals surface area contributed by atoms with E-state index in [1.54, 1.807) is 0 Å². The molecular formula is C14H25N3. The molecule has 1 aromatic rings. The van der Waals surface area contributed by atoms with Gasteiger partial charge in [-0.1, -0.05) is 33.6 Å². The minimum atomic E-state index is 0.302. The van der Waals surface area contributed by atoms with Gasteiger partial charge in [0.05, 0.1) is 6.33 Å². The highest BCUT2D eigenvalue weighted by molar-refractivity contribution is 5.05. The lowest BCUT2D eigenvalue weighted by Gasteiger charge is -2.32. The molecule has 0 spiro atoms. The second kappa shape index (κ2) is 4.81. The van der Waals surface area contributed by atoms with Crippen molar-refractivity contribution in [3.63, 3.8) is 0 Å². The van der Waals surface area contributed by atoms with Gasteiger partial charge in [0.2, 0.25) is 0 Å². The second-order valence-electron chi connectivity index (χ2n) is 6.55. The van der Waals surface area contributed by atoms with Crippen LogP contribution in [0.25, 0.3) is 0 Å². The monoisotopic (exact) mass is 235 g/mol. The average Bonchev–Trinajstić information content (AvgIpc) is 2.64. The summed E-state index contributed by atoms with van der Waals surface area (Å²) in [5, 5.41) is 0. The molecule has 2 N–H and O–H groups in total. The molecule has 1 aliphatic carbocycles. The molecular weight excluding hydrogens is 210 g/mol. The minimum Gasteiger partial charge on any atom is -0.330 e. The van der Waals surface area contributed by atoms with Crippen molar-refractivity contribution in [3.8, 4) is 0 Å². The molecule has 0 aromatic carbocycles. The Bertz CT molecular complexity index is 362. The van der Waals surface area contributed by atoms with E-state index in [2.05, 4.69) is 30.3 Å². The summed E-state index contributed by atoms with van der Waals surface area (Å²) in [6, 6.07) is 0.764. The van der Waals surface area contributed by atoms with Crippen LogP contribution in [0.3, 0.4) is 0 Å². The number of nitrogens with zero attached hydrogens (tertiary/aromatic N) is 2. The van der Waals surface area contributed by atoms with Crippen molar-refractivity contribution in [3.05, 3.63) is 18.2 Å². The van der Waals surface area contributed by atoms with Gasteiger partial charge in [-0.2, -0.15) is 0 Å². The van der Waals surface area contributed by atoms with Crippen LogP contribution in [-0.4, -0.2) is 15.6 Å². The van der Waals surface area contributed by atoms with Crippen LogP contribution in [0.15, 0.2) is 12.5 Å². The van der Waals surface area contributed by atoms with Crippen LogP contribution < -0.4 is 5.73 Å². The smallest absolute Gasteiger partial charge is 0.0951 e. The van der Waals surface area contributed by atoms with E-state index in [1.165, 1.54) is 25.0 Å². The van der Waals surface area contributed by atoms with E-state index in [0.29, 0.717) is 17.5 Å². The summed E-state index contributed by atoms with van der Waals surface area (Å²) in [5.74, 6) is 0. The van der Waals surface area contributed by atoms with Gasteiger partial charge in [0, 0.05) is 24.0 Å². The highest BCUT2D eigenvalue weighted by atomic mass is 15.1. The molecule has 1 fully saturated rings. The third kappa shape index (κ3) is 3.09. The lowest BCUT2D eigenvalue weighted by atomic mass is 9.88. The zero-order valence-corrected chi connectivity index (χ0v) is 11.3. The molecule has 0 bridgehead atoms. The lowest BCUT2D eigenvalue weighted by Crippen LogP contribution is -2.35. The van der Waals surface area contributed by atoms with Gasteiger partial charge in [-0.3, -0.25) is 0 Å². The Hall–Kier alpha value is -0.830. The summed E-state index contributed by atoms with van der Waals surface area (Å²) in [7, 11) is 0. The molecule has 1 heterocycles. The van der Waals surface area contributed by atoms with Gasteiger partial charge in [0.1, 0.15) is 0 Å². The number of nitrogens with two attached hydrogens (primary N) is 1. The molecule has 2 unspecified atom stereocenters. The Morgan fingerprint density at radius 2 is 2.06 bits per heavy atom. The molecule has 1 aromatic heterocycles. The number of rotatable bonds is 2. The molecule has 0 amide bonds. The van der Waals surface area contributed by atoms with Crippen molar-refractivity contribution < 1.29 is 0 Å². The van der Waals surface area contributed by atoms with Crippen LogP contribution in [0.4, 0.5) is 0 Å². The van der Waals surface area contributed by atoms with Gasteiger partial charge in [-0.25, -0.2) is 4.98 Å². The first kappa shape index (κ1) is 12.6. The fraction of sp³-hybridized carbons (Fsp3) is 0.786. The number of aromatic nitrogens is 2. The Balaban J connectivity index is 2.17. The van der Waals surface area contributed by atoms with Gasteiger partial charge in [0.25, 0.3) is 0 Å². The van der Waals surface area contributed by atoms with Gasteiger partial charge < -0.3 is 10.3 Å². The molecule has 0 radical (unpaired) electrons. The highest BCUT2D eigenvalue weighted by Gasteiger charge is 2.25. The fourth-order valence-corrected chi connectivity index (χ4v) is 2.80. The van der Waals surface area contributed by atoms with Crippen LogP contribution in [0.1, 0.15) is 58.2 Å². The third-order valence-electron chi connectivity index (χ3n) is 3.60. The van der Waals surface area contributed by atoms with Crippen molar-refractivity contribution in [2.24, 2.45) is 11.1 Å². The minimum absolute atomic E-state index is 0.302. The molecule has 2 atom stereocenters. The summed E-state index contributed by atoms with van der Waals surface area (Å²) in [6.45, 7) is 6.81. The maximum Gasteiger partial charge on any atom is 0.0951 e. The zero-order valence-electron chi connectivity index (χ0n) is 11.3. The Morgan fingerprint density at radius 1 is 1.35 bits per heavy atom. The van der Waals surface area contributed by atoms with Crippen molar-refractivity contribution in [1.82, 2.24) is 9.55 Å². The zero-order chi connectivity index (χ0) is 12.5. The van der Waals surface area contributed by atoms with Crippen molar-refractivity contribution >= 4 is 0 Å². The first-order valence-electron chi connectivity index (χ1n) is 6.74. The fourth-order valence-electron chi connectivity index (χ4n) is 2.80. The predicted molar refractivity (Wildman–Crippen MR) is 70.9 cm³/mol. The van der Waals surface area contributed by atoms with Crippen LogP contribution in [0.2, 0.25) is 0 Å². The molecule has 0 aliphatic heterocycles. The van der Waals surface area contributed by atoms with E-state index in [9.17, 15) is 0 Å². The normalized spacial score (nSPS) is 26.1. The third-order valence-corrected chi connectivity index (χ3v) is 3.60. The van der Waals surface area contributed by atoms with E-state index < -0.39 is 0 Å². The van der Waals surface area contributed by atoms with Crippen molar-refractivity contribution in [2.45, 2.75) is 65.0 Å². The maximum atomic E-state index is 6.25. The van der Waals surface area contributed by atoms with E-state index in [0.717, 1.165) is 12.8 Å². The molecule has 2 rings (SSSR count). The number of hydrogen-bond donors (Lipinski definition) is 1. The van der Waals surface area contributed by atoms with Crippen LogP contribution in [0.5, 0.6) is 0 Å². The van der Waals surface area contributed by atoms with E-state index in [1.807, 2.05) is 12.5 Å². The lowest BCUT2D eigenvalue weighted by molar-refractivity contribution is 0.292. The first-order valence-corrected chi connectivity index (χ1v) is 6.74. The summed E-state index contributed by atoms with van der Waals surface area (Å²) in [6.07, 6.45) is 9.97. The molecule has 96 valence electrons. The SMILES string of the molecule is CC(C)(C)Cc1cncn1C1CCCCC1N. The average molecular weight is 235 g/mol. The number of imidazole rings is 1. The molecule has 3 nitrogen and oxygen atoms in total. The highest BCUT2D eigenvalue weighted by Crippen LogP contribution is 2.30. The van der Waals surface area contributed by atoms with Gasteiger partial charge in [-0.15, -0.1) is 0 Å². The number of hydrogen-bond acceptors (Lipinski definition) is 2. The molecule has 1 saturated carbocycles. The molecule has 0 saturated heterocycles. The summed E-state index contributed by atoms with van der Waals surface area (Å²) >= 11 is 0. The van der Waals surface area contributed by atoms with E-state index in [-0.39, 0.29) is 0 Å². The van der Waals surface area contributed by atoms with Crippen molar-refractivity contribution in [2.75, 3.05) is 0 Å². The van der Waals surface area contributed by atoms with E-state index in [4.69, 9.17) is 5.73 Å². The molecule has 17 heavy (non-hydrogen) atoms.